The Labute approximate surface area is 81.6 Å². The summed E-state index contributed by atoms with van der Waals surface area (Å²) in [5.74, 6) is -0.364. The van der Waals surface area contributed by atoms with E-state index in [2.05, 4.69) is 0 Å². The number of carboxylic acids is 1. The van der Waals surface area contributed by atoms with E-state index < -0.39 is 5.97 Å². The number of carbonyl (C=O) groups is 1. The maximum Gasteiger partial charge on any atom is 0.328 e. The van der Waals surface area contributed by atoms with Gasteiger partial charge in [0.15, 0.2) is 0 Å². The first-order chi connectivity index (χ1) is 6.63. The van der Waals surface area contributed by atoms with E-state index >= 15 is 0 Å². The van der Waals surface area contributed by atoms with Gasteiger partial charge in [-0.2, -0.15) is 0 Å². The average molecular weight is 193 g/mol. The van der Waals surface area contributed by atoms with Gasteiger partial charge >= 0.3 is 5.97 Å². The van der Waals surface area contributed by atoms with Crippen LogP contribution in [-0.2, 0) is 4.79 Å². The third kappa shape index (κ3) is 2.52. The van der Waals surface area contributed by atoms with Crippen LogP contribution in [0.5, 0.6) is 5.75 Å². The summed E-state index contributed by atoms with van der Waals surface area (Å²) in [6, 6.07) is 5.06. The summed E-state index contributed by atoms with van der Waals surface area (Å²) in [5.41, 5.74) is 6.78. The molecule has 0 aliphatic heterocycles. The molecule has 0 atom stereocenters. The van der Waals surface area contributed by atoms with E-state index in [9.17, 15) is 4.79 Å². The minimum Gasteiger partial charge on any atom is -0.497 e. The fourth-order valence-electron chi connectivity index (χ4n) is 0.985. The molecular formula is C10H11NO3. The summed E-state index contributed by atoms with van der Waals surface area (Å²) in [5, 5.41) is 8.43. The van der Waals surface area contributed by atoms with E-state index in [0.717, 1.165) is 6.08 Å². The maximum absolute atomic E-state index is 10.3. The zero-order valence-corrected chi connectivity index (χ0v) is 7.73. The lowest BCUT2D eigenvalue weighted by Crippen LogP contribution is -1.92. The SMILES string of the molecule is COc1ccc(N)c(/C=C/C(=O)O)c1. The van der Waals surface area contributed by atoms with Gasteiger partial charge in [0.1, 0.15) is 5.75 Å². The Balaban J connectivity index is 3.00. The molecule has 0 radical (unpaired) electrons. The number of hydrogen-bond donors (Lipinski definition) is 2. The van der Waals surface area contributed by atoms with Crippen molar-refractivity contribution in [3.8, 4) is 5.75 Å². The van der Waals surface area contributed by atoms with Gasteiger partial charge < -0.3 is 15.6 Å². The molecule has 0 aromatic heterocycles. The fraction of sp³-hybridized carbons (Fsp3) is 0.100. The Kier molecular flexibility index (Phi) is 3.12. The summed E-state index contributed by atoms with van der Waals surface area (Å²) in [7, 11) is 1.54. The van der Waals surface area contributed by atoms with E-state index in [4.69, 9.17) is 15.6 Å². The monoisotopic (exact) mass is 193 g/mol. The quantitative estimate of drug-likeness (QED) is 0.561. The first-order valence-electron chi connectivity index (χ1n) is 3.98. The largest absolute Gasteiger partial charge is 0.497 e. The van der Waals surface area contributed by atoms with Gasteiger partial charge in [0.25, 0.3) is 0 Å². The van der Waals surface area contributed by atoms with E-state index in [1.165, 1.54) is 13.2 Å². The number of nitrogen functional groups attached to an aromatic ring is 1. The van der Waals surface area contributed by atoms with Crippen molar-refractivity contribution in [1.29, 1.82) is 0 Å². The number of aliphatic carboxylic acids is 1. The van der Waals surface area contributed by atoms with Gasteiger partial charge in [-0.25, -0.2) is 4.79 Å². The number of rotatable bonds is 3. The molecule has 1 aromatic carbocycles. The highest BCUT2D eigenvalue weighted by molar-refractivity contribution is 5.86. The second kappa shape index (κ2) is 4.32. The number of methoxy groups -OCH3 is 1. The Bertz CT molecular complexity index is 372. The summed E-state index contributed by atoms with van der Waals surface area (Å²) in [4.78, 5) is 10.3. The molecule has 0 amide bonds. The predicted octanol–water partition coefficient (Wildman–Crippen LogP) is 1.38. The number of hydrogen-bond acceptors (Lipinski definition) is 3. The van der Waals surface area contributed by atoms with E-state index in [1.54, 1.807) is 18.2 Å². The van der Waals surface area contributed by atoms with Crippen LogP contribution in [-0.4, -0.2) is 18.2 Å². The molecule has 0 saturated carbocycles. The molecule has 0 heterocycles. The highest BCUT2D eigenvalue weighted by Crippen LogP contribution is 2.20. The zero-order chi connectivity index (χ0) is 10.6. The first-order valence-corrected chi connectivity index (χ1v) is 3.98. The van der Waals surface area contributed by atoms with E-state index in [1.807, 2.05) is 0 Å². The topological polar surface area (TPSA) is 72.5 Å². The molecular weight excluding hydrogens is 182 g/mol. The molecule has 0 aliphatic rings. The number of benzene rings is 1. The Morgan fingerprint density at radius 1 is 1.57 bits per heavy atom. The van der Waals surface area contributed by atoms with Crippen LogP contribution in [0, 0.1) is 0 Å². The molecule has 1 rings (SSSR count). The van der Waals surface area contributed by atoms with Crippen LogP contribution in [0.2, 0.25) is 0 Å². The highest BCUT2D eigenvalue weighted by atomic mass is 16.5. The number of carboxylic acid groups (broad SMARTS) is 1. The van der Waals surface area contributed by atoms with Gasteiger partial charge in [-0.1, -0.05) is 0 Å². The number of anilines is 1. The number of ether oxygens (including phenoxy) is 1. The average Bonchev–Trinajstić information content (AvgIpc) is 2.16. The van der Waals surface area contributed by atoms with Crippen LogP contribution < -0.4 is 10.5 Å². The van der Waals surface area contributed by atoms with Crippen LogP contribution in [0.25, 0.3) is 6.08 Å². The Hall–Kier alpha value is -1.97. The van der Waals surface area contributed by atoms with Crippen LogP contribution in [0.1, 0.15) is 5.56 Å². The normalized spacial score (nSPS) is 10.4. The van der Waals surface area contributed by atoms with E-state index in [-0.39, 0.29) is 0 Å². The fourth-order valence-corrected chi connectivity index (χ4v) is 0.985. The van der Waals surface area contributed by atoms with Crippen molar-refractivity contribution in [2.24, 2.45) is 0 Å². The molecule has 0 saturated heterocycles. The smallest absolute Gasteiger partial charge is 0.328 e. The minimum absolute atomic E-state index is 0.517. The molecule has 0 spiro atoms. The van der Waals surface area contributed by atoms with Gasteiger partial charge in [-0.3, -0.25) is 0 Å². The van der Waals surface area contributed by atoms with Gasteiger partial charge in [0, 0.05) is 17.3 Å². The van der Waals surface area contributed by atoms with Gasteiger partial charge in [0.05, 0.1) is 7.11 Å². The van der Waals surface area contributed by atoms with Crippen molar-refractivity contribution in [2.45, 2.75) is 0 Å². The summed E-state index contributed by atoms with van der Waals surface area (Å²) in [6.45, 7) is 0. The minimum atomic E-state index is -1.01. The molecule has 0 fully saturated rings. The molecule has 1 aromatic rings. The molecule has 3 N–H and O–H groups in total. The molecule has 74 valence electrons. The second-order valence-corrected chi connectivity index (χ2v) is 2.67. The lowest BCUT2D eigenvalue weighted by atomic mass is 10.1. The standard InChI is InChI=1S/C10H11NO3/c1-14-8-3-4-9(11)7(6-8)2-5-10(12)13/h2-6H,11H2,1H3,(H,12,13)/b5-2+. The molecule has 4 nitrogen and oxygen atoms in total. The Morgan fingerprint density at radius 3 is 2.86 bits per heavy atom. The third-order valence-corrected chi connectivity index (χ3v) is 1.70. The van der Waals surface area contributed by atoms with Crippen molar-refractivity contribution in [3.63, 3.8) is 0 Å². The van der Waals surface area contributed by atoms with Crippen LogP contribution in [0.3, 0.4) is 0 Å². The van der Waals surface area contributed by atoms with Crippen molar-refractivity contribution in [1.82, 2.24) is 0 Å². The zero-order valence-electron chi connectivity index (χ0n) is 7.73. The van der Waals surface area contributed by atoms with E-state index in [0.29, 0.717) is 17.0 Å². The highest BCUT2D eigenvalue weighted by Gasteiger charge is 1.98. The summed E-state index contributed by atoms with van der Waals surface area (Å²) >= 11 is 0. The predicted molar refractivity (Wildman–Crippen MR) is 54.1 cm³/mol. The third-order valence-electron chi connectivity index (χ3n) is 1.70. The maximum atomic E-state index is 10.3. The molecule has 14 heavy (non-hydrogen) atoms. The van der Waals surface area contributed by atoms with Crippen molar-refractivity contribution < 1.29 is 14.6 Å². The van der Waals surface area contributed by atoms with Gasteiger partial charge in [-0.15, -0.1) is 0 Å². The van der Waals surface area contributed by atoms with Crippen molar-refractivity contribution in [3.05, 3.63) is 29.8 Å². The van der Waals surface area contributed by atoms with Gasteiger partial charge in [0.2, 0.25) is 0 Å². The van der Waals surface area contributed by atoms with Gasteiger partial charge in [-0.05, 0) is 24.3 Å². The molecule has 0 aliphatic carbocycles. The lowest BCUT2D eigenvalue weighted by molar-refractivity contribution is -0.131. The Morgan fingerprint density at radius 2 is 2.29 bits per heavy atom. The molecule has 4 heteroatoms. The van der Waals surface area contributed by atoms with Crippen molar-refractivity contribution in [2.75, 3.05) is 12.8 Å². The van der Waals surface area contributed by atoms with Crippen LogP contribution >= 0.6 is 0 Å². The van der Waals surface area contributed by atoms with Crippen molar-refractivity contribution >= 4 is 17.7 Å². The lowest BCUT2D eigenvalue weighted by Gasteiger charge is -2.03. The molecule has 0 unspecified atom stereocenters. The molecule has 0 bridgehead atoms. The second-order valence-electron chi connectivity index (χ2n) is 2.67. The summed E-state index contributed by atoms with van der Waals surface area (Å²) < 4.78 is 4.98. The van der Waals surface area contributed by atoms with Crippen LogP contribution in [0.4, 0.5) is 5.69 Å². The summed E-state index contributed by atoms with van der Waals surface area (Å²) in [6.07, 6.45) is 2.46. The number of nitrogens with two attached hydrogens (primary N) is 1. The first kappa shape index (κ1) is 10.1. The van der Waals surface area contributed by atoms with Crippen LogP contribution in [0.15, 0.2) is 24.3 Å².